The molecule has 0 bridgehead atoms. The Kier molecular flexibility index (Phi) is 3.12. The molecule has 2 amide bonds. The maximum absolute atomic E-state index is 11.7. The Bertz CT molecular complexity index is 570. The molecular formula is C12H13N3O4. The quantitative estimate of drug-likeness (QED) is 0.528. The Labute approximate surface area is 109 Å². The summed E-state index contributed by atoms with van der Waals surface area (Å²) in [6, 6.07) is 3.45. The van der Waals surface area contributed by atoms with Crippen LogP contribution in [0.5, 0.6) is 0 Å². The number of carboxylic acids is 1. The molecule has 0 radical (unpaired) electrons. The van der Waals surface area contributed by atoms with E-state index in [0.717, 1.165) is 4.90 Å². The first kappa shape index (κ1) is 12.9. The average molecular weight is 263 g/mol. The van der Waals surface area contributed by atoms with Crippen LogP contribution in [-0.4, -0.2) is 40.9 Å². The smallest absolute Gasteiger partial charge is 0.335 e. The van der Waals surface area contributed by atoms with Gasteiger partial charge in [-0.25, -0.2) is 4.79 Å². The van der Waals surface area contributed by atoms with E-state index < -0.39 is 12.0 Å². The minimum atomic E-state index is -1.09. The fourth-order valence-electron chi connectivity index (χ4n) is 1.87. The number of hydrogen-bond donors (Lipinski definition) is 3. The summed E-state index contributed by atoms with van der Waals surface area (Å²) < 4.78 is 0. The van der Waals surface area contributed by atoms with Gasteiger partial charge in [-0.1, -0.05) is 0 Å². The Morgan fingerprint density at radius 1 is 1.47 bits per heavy atom. The van der Waals surface area contributed by atoms with E-state index in [1.54, 1.807) is 0 Å². The van der Waals surface area contributed by atoms with E-state index in [1.807, 2.05) is 0 Å². The number of rotatable bonds is 3. The van der Waals surface area contributed by atoms with Crippen molar-refractivity contribution in [3.8, 4) is 0 Å². The van der Waals surface area contributed by atoms with E-state index in [0.29, 0.717) is 11.4 Å². The van der Waals surface area contributed by atoms with Gasteiger partial charge in [-0.05, 0) is 18.2 Å². The summed E-state index contributed by atoms with van der Waals surface area (Å²) >= 11 is 0. The molecule has 7 heteroatoms. The molecule has 4 N–H and O–H groups in total. The van der Waals surface area contributed by atoms with Crippen molar-refractivity contribution in [3.63, 3.8) is 0 Å². The zero-order chi connectivity index (χ0) is 14.2. The Morgan fingerprint density at radius 3 is 2.68 bits per heavy atom. The van der Waals surface area contributed by atoms with Gasteiger partial charge in [0.05, 0.1) is 23.4 Å². The van der Waals surface area contributed by atoms with Gasteiger partial charge in [0.15, 0.2) is 0 Å². The minimum absolute atomic E-state index is 0.0338. The van der Waals surface area contributed by atoms with Crippen LogP contribution in [0.1, 0.15) is 16.8 Å². The van der Waals surface area contributed by atoms with Crippen LogP contribution in [0.2, 0.25) is 0 Å². The molecule has 0 aromatic heterocycles. The van der Waals surface area contributed by atoms with E-state index in [4.69, 9.17) is 10.8 Å². The van der Waals surface area contributed by atoms with Gasteiger partial charge >= 0.3 is 5.97 Å². The van der Waals surface area contributed by atoms with Crippen molar-refractivity contribution < 1.29 is 19.5 Å². The first-order chi connectivity index (χ1) is 8.90. The van der Waals surface area contributed by atoms with Crippen molar-refractivity contribution in [1.29, 1.82) is 0 Å². The molecule has 7 nitrogen and oxygen atoms in total. The van der Waals surface area contributed by atoms with Crippen molar-refractivity contribution in [3.05, 3.63) is 23.8 Å². The van der Waals surface area contributed by atoms with E-state index in [1.165, 1.54) is 25.2 Å². The largest absolute Gasteiger partial charge is 0.478 e. The van der Waals surface area contributed by atoms with Crippen LogP contribution in [0.25, 0.3) is 0 Å². The number of nitrogen functional groups attached to an aromatic ring is 1. The lowest BCUT2D eigenvalue weighted by Gasteiger charge is -2.14. The van der Waals surface area contributed by atoms with Crippen LogP contribution in [0.4, 0.5) is 11.4 Å². The first-order valence-electron chi connectivity index (χ1n) is 5.60. The summed E-state index contributed by atoms with van der Waals surface area (Å²) in [4.78, 5) is 35.0. The number of carbonyl (C=O) groups excluding carboxylic acids is 2. The summed E-state index contributed by atoms with van der Waals surface area (Å²) in [5, 5.41) is 11.7. The molecule has 100 valence electrons. The van der Waals surface area contributed by atoms with E-state index >= 15 is 0 Å². The molecule has 1 fully saturated rings. The highest BCUT2D eigenvalue weighted by Gasteiger charge is 2.36. The van der Waals surface area contributed by atoms with Gasteiger partial charge in [0.2, 0.25) is 5.91 Å². The van der Waals surface area contributed by atoms with Crippen molar-refractivity contribution in [2.45, 2.75) is 12.5 Å². The molecule has 1 saturated heterocycles. The third kappa shape index (κ3) is 2.35. The predicted octanol–water partition coefficient (Wildman–Crippen LogP) is 0.136. The lowest BCUT2D eigenvalue weighted by Crippen LogP contribution is -2.32. The molecule has 1 aliphatic rings. The number of likely N-dealkylation sites (tertiary alicyclic amines) is 1. The summed E-state index contributed by atoms with van der Waals surface area (Å²) in [6.45, 7) is 0. The number of nitrogens with two attached hydrogens (primary N) is 1. The van der Waals surface area contributed by atoms with E-state index in [9.17, 15) is 14.4 Å². The molecule has 19 heavy (non-hydrogen) atoms. The predicted molar refractivity (Wildman–Crippen MR) is 67.6 cm³/mol. The third-order valence-corrected chi connectivity index (χ3v) is 3.01. The van der Waals surface area contributed by atoms with Crippen LogP contribution < -0.4 is 11.1 Å². The second-order valence-electron chi connectivity index (χ2n) is 4.30. The van der Waals surface area contributed by atoms with Crippen molar-refractivity contribution in [2.75, 3.05) is 18.1 Å². The van der Waals surface area contributed by atoms with Crippen molar-refractivity contribution in [2.24, 2.45) is 0 Å². The number of carboxylic acid groups (broad SMARTS) is 1. The molecule has 1 aliphatic heterocycles. The normalized spacial score (nSPS) is 18.8. The van der Waals surface area contributed by atoms with Gasteiger partial charge in [-0.15, -0.1) is 0 Å². The molecule has 1 atom stereocenters. The lowest BCUT2D eigenvalue weighted by atomic mass is 10.1. The number of nitrogens with one attached hydrogen (secondary N) is 1. The number of benzene rings is 1. The van der Waals surface area contributed by atoms with E-state index in [2.05, 4.69) is 5.32 Å². The third-order valence-electron chi connectivity index (χ3n) is 3.01. The number of likely N-dealkylation sites (N-methyl/N-ethyl adjacent to an activating group) is 1. The second kappa shape index (κ2) is 4.60. The van der Waals surface area contributed by atoms with Crippen LogP contribution in [-0.2, 0) is 9.59 Å². The SMILES string of the molecule is CN1C(=O)CC(Nc2cc(C(=O)O)ccc2N)C1=O. The highest BCUT2D eigenvalue weighted by Crippen LogP contribution is 2.24. The number of imide groups is 1. The molecule has 1 aromatic rings. The molecule has 0 spiro atoms. The van der Waals surface area contributed by atoms with E-state index in [-0.39, 0.29) is 23.8 Å². The Morgan fingerprint density at radius 2 is 2.16 bits per heavy atom. The second-order valence-corrected chi connectivity index (χ2v) is 4.30. The summed E-state index contributed by atoms with van der Waals surface area (Å²) in [6.07, 6.45) is 0.0338. The molecular weight excluding hydrogens is 250 g/mol. The van der Waals surface area contributed by atoms with Gasteiger partial charge < -0.3 is 16.2 Å². The Hall–Kier alpha value is -2.57. The highest BCUT2D eigenvalue weighted by atomic mass is 16.4. The lowest BCUT2D eigenvalue weighted by molar-refractivity contribution is -0.136. The standard InChI is InChI=1S/C12H13N3O4/c1-15-10(16)5-9(11(15)17)14-8-4-6(12(18)19)2-3-7(8)13/h2-4,9,14H,5,13H2,1H3,(H,18,19). The van der Waals surface area contributed by atoms with Gasteiger partial charge in [0.1, 0.15) is 6.04 Å². The number of anilines is 2. The molecule has 0 aliphatic carbocycles. The molecule has 1 aromatic carbocycles. The zero-order valence-electron chi connectivity index (χ0n) is 10.2. The number of hydrogen-bond acceptors (Lipinski definition) is 5. The summed E-state index contributed by atoms with van der Waals surface area (Å²) in [7, 11) is 1.41. The molecule has 1 heterocycles. The van der Waals surface area contributed by atoms with Crippen LogP contribution in [0.3, 0.4) is 0 Å². The molecule has 0 saturated carbocycles. The van der Waals surface area contributed by atoms with Crippen LogP contribution in [0, 0.1) is 0 Å². The van der Waals surface area contributed by atoms with Crippen molar-refractivity contribution >= 4 is 29.2 Å². The fourth-order valence-corrected chi connectivity index (χ4v) is 1.87. The highest BCUT2D eigenvalue weighted by molar-refractivity contribution is 6.06. The van der Waals surface area contributed by atoms with Crippen molar-refractivity contribution in [1.82, 2.24) is 4.90 Å². The number of carbonyl (C=O) groups is 3. The monoisotopic (exact) mass is 263 g/mol. The maximum Gasteiger partial charge on any atom is 0.335 e. The number of amides is 2. The Balaban J connectivity index is 2.24. The zero-order valence-corrected chi connectivity index (χ0v) is 10.2. The van der Waals surface area contributed by atoms with Gasteiger partial charge in [0.25, 0.3) is 5.91 Å². The minimum Gasteiger partial charge on any atom is -0.478 e. The fraction of sp³-hybridized carbons (Fsp3) is 0.250. The maximum atomic E-state index is 11.7. The van der Waals surface area contributed by atoms with Crippen LogP contribution >= 0.6 is 0 Å². The van der Waals surface area contributed by atoms with Gasteiger partial charge in [-0.3, -0.25) is 14.5 Å². The topological polar surface area (TPSA) is 113 Å². The molecule has 1 unspecified atom stereocenters. The summed E-state index contributed by atoms with van der Waals surface area (Å²) in [5.74, 6) is -1.73. The number of nitrogens with zero attached hydrogens (tertiary/aromatic N) is 1. The summed E-state index contributed by atoms with van der Waals surface area (Å²) in [5.41, 5.74) is 6.43. The first-order valence-corrected chi connectivity index (χ1v) is 5.60. The van der Waals surface area contributed by atoms with Crippen LogP contribution in [0.15, 0.2) is 18.2 Å². The number of aromatic carboxylic acids is 1. The van der Waals surface area contributed by atoms with Gasteiger partial charge in [-0.2, -0.15) is 0 Å². The molecule has 2 rings (SSSR count). The average Bonchev–Trinajstić information content (AvgIpc) is 2.59. The van der Waals surface area contributed by atoms with Gasteiger partial charge in [0, 0.05) is 7.05 Å².